The highest BCUT2D eigenvalue weighted by molar-refractivity contribution is 5.92. The van der Waals surface area contributed by atoms with E-state index in [0.717, 1.165) is 5.56 Å². The van der Waals surface area contributed by atoms with E-state index in [4.69, 9.17) is 9.15 Å². The molecule has 1 rings (SSSR count). The SMILES string of the molecule is COCCNCC(=O)NCCCNC(=O)c1occc1C.Cl. The van der Waals surface area contributed by atoms with Crippen LogP contribution >= 0.6 is 12.4 Å². The first kappa shape index (κ1) is 20.4. The van der Waals surface area contributed by atoms with Crippen LogP contribution in [0.1, 0.15) is 22.5 Å². The molecule has 0 aromatic carbocycles. The molecule has 0 unspecified atom stereocenters. The molecule has 0 aliphatic rings. The van der Waals surface area contributed by atoms with Crippen molar-refractivity contribution in [2.24, 2.45) is 0 Å². The molecule has 8 heteroatoms. The Morgan fingerprint density at radius 2 is 1.95 bits per heavy atom. The normalized spacial score (nSPS) is 9.91. The van der Waals surface area contributed by atoms with Gasteiger partial charge in [0.1, 0.15) is 0 Å². The summed E-state index contributed by atoms with van der Waals surface area (Å²) in [7, 11) is 1.61. The lowest BCUT2D eigenvalue weighted by Gasteiger charge is -2.07. The number of furan rings is 1. The number of amides is 2. The highest BCUT2D eigenvalue weighted by atomic mass is 35.5. The Labute approximate surface area is 136 Å². The molecule has 2 amide bonds. The summed E-state index contributed by atoms with van der Waals surface area (Å²) in [5.74, 6) is 0.0331. The summed E-state index contributed by atoms with van der Waals surface area (Å²) in [5, 5.41) is 8.46. The predicted octanol–water partition coefficient (Wildman–Crippen LogP) is 0.482. The lowest BCUT2D eigenvalue weighted by Crippen LogP contribution is -2.36. The van der Waals surface area contributed by atoms with Crippen LogP contribution in [0.15, 0.2) is 16.7 Å². The Hall–Kier alpha value is -1.57. The minimum absolute atomic E-state index is 0. The molecular weight excluding hydrogens is 310 g/mol. The third-order valence-electron chi connectivity index (χ3n) is 2.80. The molecule has 7 nitrogen and oxygen atoms in total. The summed E-state index contributed by atoms with van der Waals surface area (Å²) < 4.78 is 9.94. The third kappa shape index (κ3) is 8.02. The first-order valence-corrected chi connectivity index (χ1v) is 6.93. The fourth-order valence-corrected chi connectivity index (χ4v) is 1.64. The first-order chi connectivity index (χ1) is 10.1. The number of carbonyl (C=O) groups excluding carboxylic acids is 2. The summed E-state index contributed by atoms with van der Waals surface area (Å²) in [6, 6.07) is 1.74. The van der Waals surface area contributed by atoms with Gasteiger partial charge in [-0.3, -0.25) is 9.59 Å². The van der Waals surface area contributed by atoms with Crippen molar-refractivity contribution in [1.29, 1.82) is 0 Å². The van der Waals surface area contributed by atoms with Crippen LogP contribution in [0.2, 0.25) is 0 Å². The molecule has 0 saturated carbocycles. The maximum absolute atomic E-state index is 11.7. The van der Waals surface area contributed by atoms with E-state index in [1.54, 1.807) is 13.2 Å². The van der Waals surface area contributed by atoms with E-state index < -0.39 is 0 Å². The molecule has 1 aromatic rings. The van der Waals surface area contributed by atoms with Crippen LogP contribution in [0, 0.1) is 6.92 Å². The number of ether oxygens (including phenoxy) is 1. The number of halogens is 1. The smallest absolute Gasteiger partial charge is 0.287 e. The summed E-state index contributed by atoms with van der Waals surface area (Å²) in [4.78, 5) is 23.1. The van der Waals surface area contributed by atoms with Gasteiger partial charge in [0.05, 0.1) is 19.4 Å². The van der Waals surface area contributed by atoms with E-state index in [0.29, 0.717) is 38.4 Å². The standard InChI is InChI=1S/C14H23N3O4.ClH/c1-11-4-8-21-13(11)14(19)17-6-3-5-16-12(18)10-15-7-9-20-2;/h4,8,15H,3,5-7,9-10H2,1-2H3,(H,16,18)(H,17,19);1H. The molecule has 22 heavy (non-hydrogen) atoms. The van der Waals surface area contributed by atoms with E-state index in [1.807, 2.05) is 6.92 Å². The minimum Gasteiger partial charge on any atom is -0.459 e. The van der Waals surface area contributed by atoms with Crippen molar-refractivity contribution in [1.82, 2.24) is 16.0 Å². The number of aryl methyl sites for hydroxylation is 1. The molecule has 1 aromatic heterocycles. The topological polar surface area (TPSA) is 92.6 Å². The summed E-state index contributed by atoms with van der Waals surface area (Å²) in [6.07, 6.45) is 2.15. The number of hydrogen-bond acceptors (Lipinski definition) is 5. The zero-order chi connectivity index (χ0) is 15.5. The van der Waals surface area contributed by atoms with Gasteiger partial charge >= 0.3 is 0 Å². The average Bonchev–Trinajstić information content (AvgIpc) is 2.89. The van der Waals surface area contributed by atoms with Gasteiger partial charge in [-0.15, -0.1) is 12.4 Å². The van der Waals surface area contributed by atoms with Crippen LogP contribution in [-0.2, 0) is 9.53 Å². The van der Waals surface area contributed by atoms with Crippen molar-refractivity contribution >= 4 is 24.2 Å². The average molecular weight is 334 g/mol. The van der Waals surface area contributed by atoms with Crippen LogP contribution in [0.4, 0.5) is 0 Å². The van der Waals surface area contributed by atoms with Crippen molar-refractivity contribution in [2.75, 3.05) is 39.9 Å². The van der Waals surface area contributed by atoms with Crippen molar-refractivity contribution < 1.29 is 18.7 Å². The summed E-state index contributed by atoms with van der Waals surface area (Å²) in [5.41, 5.74) is 0.808. The van der Waals surface area contributed by atoms with Gasteiger partial charge in [0.15, 0.2) is 5.76 Å². The van der Waals surface area contributed by atoms with Crippen LogP contribution < -0.4 is 16.0 Å². The van der Waals surface area contributed by atoms with Crippen molar-refractivity contribution in [3.8, 4) is 0 Å². The van der Waals surface area contributed by atoms with Crippen LogP contribution in [0.3, 0.4) is 0 Å². The van der Waals surface area contributed by atoms with Crippen molar-refractivity contribution in [2.45, 2.75) is 13.3 Å². The molecule has 0 spiro atoms. The maximum Gasteiger partial charge on any atom is 0.287 e. The van der Waals surface area contributed by atoms with Gasteiger partial charge in [0, 0.05) is 32.3 Å². The van der Waals surface area contributed by atoms with Crippen molar-refractivity contribution in [3.05, 3.63) is 23.7 Å². The minimum atomic E-state index is -0.231. The lowest BCUT2D eigenvalue weighted by molar-refractivity contribution is -0.120. The number of carbonyl (C=O) groups is 2. The number of nitrogens with one attached hydrogen (secondary N) is 3. The van der Waals surface area contributed by atoms with Gasteiger partial charge < -0.3 is 25.1 Å². The monoisotopic (exact) mass is 333 g/mol. The van der Waals surface area contributed by atoms with Gasteiger partial charge in [-0.2, -0.15) is 0 Å². The fraction of sp³-hybridized carbons (Fsp3) is 0.571. The van der Waals surface area contributed by atoms with E-state index >= 15 is 0 Å². The quantitative estimate of drug-likeness (QED) is 0.542. The second-order valence-corrected chi connectivity index (χ2v) is 4.56. The van der Waals surface area contributed by atoms with E-state index in [9.17, 15) is 9.59 Å². The molecule has 0 aliphatic carbocycles. The third-order valence-corrected chi connectivity index (χ3v) is 2.80. The Bertz CT molecular complexity index is 451. The van der Waals surface area contributed by atoms with Crippen LogP contribution in [0.5, 0.6) is 0 Å². The fourth-order valence-electron chi connectivity index (χ4n) is 1.64. The summed E-state index contributed by atoms with van der Waals surface area (Å²) >= 11 is 0. The van der Waals surface area contributed by atoms with Crippen LogP contribution in [-0.4, -0.2) is 51.7 Å². The Morgan fingerprint density at radius 1 is 1.23 bits per heavy atom. The number of hydrogen-bond donors (Lipinski definition) is 3. The second kappa shape index (κ2) is 12.0. The van der Waals surface area contributed by atoms with Gasteiger partial charge in [0.2, 0.25) is 5.91 Å². The van der Waals surface area contributed by atoms with E-state index in [1.165, 1.54) is 6.26 Å². The summed E-state index contributed by atoms with van der Waals surface area (Å²) in [6.45, 7) is 4.29. The molecule has 0 fully saturated rings. The number of rotatable bonds is 10. The molecule has 0 bridgehead atoms. The molecule has 3 N–H and O–H groups in total. The zero-order valence-corrected chi connectivity index (χ0v) is 13.8. The molecule has 0 radical (unpaired) electrons. The number of methoxy groups -OCH3 is 1. The van der Waals surface area contributed by atoms with Gasteiger partial charge in [-0.1, -0.05) is 0 Å². The predicted molar refractivity (Wildman–Crippen MR) is 85.4 cm³/mol. The Balaban J connectivity index is 0.00000441. The Kier molecular flexibility index (Phi) is 11.2. The highest BCUT2D eigenvalue weighted by Gasteiger charge is 2.11. The van der Waals surface area contributed by atoms with E-state index in [-0.39, 0.29) is 30.8 Å². The van der Waals surface area contributed by atoms with Gasteiger partial charge in [0.25, 0.3) is 5.91 Å². The van der Waals surface area contributed by atoms with Crippen molar-refractivity contribution in [3.63, 3.8) is 0 Å². The lowest BCUT2D eigenvalue weighted by atomic mass is 10.2. The Morgan fingerprint density at radius 3 is 2.59 bits per heavy atom. The highest BCUT2D eigenvalue weighted by Crippen LogP contribution is 2.07. The maximum atomic E-state index is 11.7. The molecule has 1 heterocycles. The second-order valence-electron chi connectivity index (χ2n) is 4.56. The first-order valence-electron chi connectivity index (χ1n) is 6.93. The molecule has 0 atom stereocenters. The van der Waals surface area contributed by atoms with Crippen LogP contribution in [0.25, 0.3) is 0 Å². The molecule has 0 aliphatic heterocycles. The van der Waals surface area contributed by atoms with Gasteiger partial charge in [-0.05, 0) is 19.4 Å². The molecule has 126 valence electrons. The largest absolute Gasteiger partial charge is 0.459 e. The molecule has 0 saturated heterocycles. The zero-order valence-electron chi connectivity index (χ0n) is 12.9. The van der Waals surface area contributed by atoms with Gasteiger partial charge in [-0.25, -0.2) is 0 Å². The van der Waals surface area contributed by atoms with E-state index in [2.05, 4.69) is 16.0 Å². The molecular formula is C14H24ClN3O4.